The predicted molar refractivity (Wildman–Crippen MR) is 99.1 cm³/mol. The molecule has 2 atom stereocenters. The van der Waals surface area contributed by atoms with Crippen molar-refractivity contribution < 1.29 is 27.2 Å². The fraction of sp³-hybridized carbons (Fsp3) is 0.611. The Morgan fingerprint density at radius 1 is 1.19 bits per heavy atom. The van der Waals surface area contributed by atoms with E-state index in [2.05, 4.69) is 0 Å². The maximum Gasteiger partial charge on any atom is 0.410 e. The molecule has 2 unspecified atom stereocenters. The van der Waals surface area contributed by atoms with Crippen molar-refractivity contribution in [1.82, 2.24) is 9.80 Å². The summed E-state index contributed by atoms with van der Waals surface area (Å²) in [6.07, 6.45) is -0.692. The van der Waals surface area contributed by atoms with Gasteiger partial charge < -0.3 is 14.4 Å². The number of benzene rings is 1. The summed E-state index contributed by atoms with van der Waals surface area (Å²) in [5.74, 6) is 0.464. The van der Waals surface area contributed by atoms with E-state index in [1.54, 1.807) is 29.2 Å². The van der Waals surface area contributed by atoms with Crippen molar-refractivity contribution in [1.29, 1.82) is 0 Å². The van der Waals surface area contributed by atoms with Crippen molar-refractivity contribution in [3.8, 4) is 5.75 Å². The molecule has 27 heavy (non-hydrogen) atoms. The maximum absolute atomic E-state index is 12.2. The fourth-order valence-corrected chi connectivity index (χ4v) is 4.31. The van der Waals surface area contributed by atoms with E-state index in [9.17, 15) is 17.8 Å². The summed E-state index contributed by atoms with van der Waals surface area (Å²) in [5.41, 5.74) is -0.0729. The number of amides is 1. The first-order chi connectivity index (χ1) is 12.5. The Bertz CT molecular complexity index is 796. The fourth-order valence-electron chi connectivity index (χ4n) is 3.38. The van der Waals surface area contributed by atoms with E-state index >= 15 is 0 Å². The Hall–Kier alpha value is -1.84. The molecule has 1 N–H and O–H groups in total. The molecule has 0 saturated carbocycles. The summed E-state index contributed by atoms with van der Waals surface area (Å²) in [6.45, 7) is 7.46. The number of piperazine rings is 1. The number of rotatable bonds is 2. The summed E-state index contributed by atoms with van der Waals surface area (Å²) < 4.78 is 44.8. The summed E-state index contributed by atoms with van der Waals surface area (Å²) in [4.78, 5) is 15.8. The maximum atomic E-state index is 12.2. The third kappa shape index (κ3) is 4.72. The third-order valence-corrected chi connectivity index (χ3v) is 5.84. The minimum Gasteiger partial charge on any atom is -0.475 e. The van der Waals surface area contributed by atoms with Gasteiger partial charge in [-0.15, -0.1) is 0 Å². The second-order valence-corrected chi connectivity index (χ2v) is 9.45. The highest BCUT2D eigenvalue weighted by Gasteiger charge is 2.39. The summed E-state index contributed by atoms with van der Waals surface area (Å²) in [7, 11) is -4.25. The van der Waals surface area contributed by atoms with Crippen LogP contribution in [0.15, 0.2) is 24.3 Å². The second kappa shape index (κ2) is 7.29. The Morgan fingerprint density at radius 2 is 1.81 bits per heavy atom. The smallest absolute Gasteiger partial charge is 0.410 e. The van der Waals surface area contributed by atoms with Gasteiger partial charge in [-0.2, -0.15) is 8.42 Å². The first-order valence-corrected chi connectivity index (χ1v) is 10.5. The number of hydrogen-bond donors (Lipinski definition) is 1. The topological polar surface area (TPSA) is 96.4 Å². The number of ether oxygens (including phenoxy) is 2. The number of carbonyl (C=O) groups excluding carboxylic acids is 1. The highest BCUT2D eigenvalue weighted by Crippen LogP contribution is 2.40. The number of nitrogens with zero attached hydrogens (tertiary/aromatic N) is 2. The van der Waals surface area contributed by atoms with Gasteiger partial charge in [-0.25, -0.2) is 4.79 Å². The van der Waals surface area contributed by atoms with Crippen molar-refractivity contribution in [2.45, 2.75) is 44.3 Å². The summed E-state index contributed by atoms with van der Waals surface area (Å²) >= 11 is 0. The van der Waals surface area contributed by atoms with Gasteiger partial charge in [0.15, 0.2) is 6.23 Å². The van der Waals surface area contributed by atoms with Gasteiger partial charge in [-0.3, -0.25) is 9.45 Å². The van der Waals surface area contributed by atoms with Crippen molar-refractivity contribution in [2.24, 2.45) is 0 Å². The first-order valence-electron chi connectivity index (χ1n) is 8.98. The summed E-state index contributed by atoms with van der Waals surface area (Å²) in [5, 5.41) is -1.02. The van der Waals surface area contributed by atoms with E-state index in [-0.39, 0.29) is 12.5 Å². The van der Waals surface area contributed by atoms with Crippen molar-refractivity contribution in [2.75, 3.05) is 26.2 Å². The molecule has 1 aromatic carbocycles. The van der Waals surface area contributed by atoms with Crippen LogP contribution < -0.4 is 4.74 Å². The monoisotopic (exact) mass is 398 g/mol. The van der Waals surface area contributed by atoms with Gasteiger partial charge in [-0.05, 0) is 26.8 Å². The van der Waals surface area contributed by atoms with Crippen LogP contribution in [0.25, 0.3) is 0 Å². The molecule has 1 saturated heterocycles. The second-order valence-electron chi connectivity index (χ2n) is 7.85. The third-order valence-electron chi connectivity index (χ3n) is 4.68. The van der Waals surface area contributed by atoms with Crippen LogP contribution in [0.3, 0.4) is 0 Å². The van der Waals surface area contributed by atoms with E-state index in [0.717, 1.165) is 0 Å². The lowest BCUT2D eigenvalue weighted by atomic mass is 10.0. The minimum absolute atomic E-state index is 0.141. The Kier molecular flexibility index (Phi) is 5.38. The molecule has 0 radical (unpaired) electrons. The van der Waals surface area contributed by atoms with E-state index in [4.69, 9.17) is 9.47 Å². The molecule has 0 aliphatic carbocycles. The average Bonchev–Trinajstić information content (AvgIpc) is 2.58. The average molecular weight is 398 g/mol. The van der Waals surface area contributed by atoms with Crippen molar-refractivity contribution >= 4 is 16.2 Å². The molecule has 150 valence electrons. The van der Waals surface area contributed by atoms with Crippen molar-refractivity contribution in [3.63, 3.8) is 0 Å². The number of hydrogen-bond acceptors (Lipinski definition) is 6. The van der Waals surface area contributed by atoms with Gasteiger partial charge >= 0.3 is 6.09 Å². The summed E-state index contributed by atoms with van der Waals surface area (Å²) in [6, 6.07) is 6.85. The predicted octanol–water partition coefficient (Wildman–Crippen LogP) is 2.28. The van der Waals surface area contributed by atoms with Crippen LogP contribution in [-0.4, -0.2) is 66.9 Å². The molecule has 2 aliphatic rings. The molecule has 9 heteroatoms. The van der Waals surface area contributed by atoms with Crippen LogP contribution >= 0.6 is 0 Å². The molecule has 3 rings (SSSR count). The van der Waals surface area contributed by atoms with Crippen LogP contribution in [-0.2, 0) is 14.9 Å². The molecule has 1 amide bonds. The van der Waals surface area contributed by atoms with Crippen molar-refractivity contribution in [3.05, 3.63) is 29.8 Å². The van der Waals surface area contributed by atoms with Crippen LogP contribution in [0.1, 0.15) is 38.0 Å². The lowest BCUT2D eigenvalue weighted by molar-refractivity contribution is -0.0303. The van der Waals surface area contributed by atoms with E-state index in [1.165, 1.54) is 0 Å². The lowest BCUT2D eigenvalue weighted by Gasteiger charge is -2.42. The van der Waals surface area contributed by atoms with Gasteiger partial charge in [0.05, 0.1) is 0 Å². The van der Waals surface area contributed by atoms with Gasteiger partial charge in [-0.1, -0.05) is 18.2 Å². The molecule has 1 aromatic rings. The first kappa shape index (κ1) is 19.9. The van der Waals surface area contributed by atoms with Crippen LogP contribution in [0.4, 0.5) is 4.79 Å². The lowest BCUT2D eigenvalue weighted by Crippen LogP contribution is -2.55. The molecule has 0 bridgehead atoms. The highest BCUT2D eigenvalue weighted by atomic mass is 32.2. The molecule has 2 aliphatic heterocycles. The molecule has 0 spiro atoms. The van der Waals surface area contributed by atoms with Gasteiger partial charge in [0.1, 0.15) is 16.6 Å². The Labute approximate surface area is 159 Å². The van der Waals surface area contributed by atoms with Crippen LogP contribution in [0, 0.1) is 0 Å². The zero-order valence-electron chi connectivity index (χ0n) is 15.8. The zero-order valence-corrected chi connectivity index (χ0v) is 16.6. The van der Waals surface area contributed by atoms with Crippen LogP contribution in [0.2, 0.25) is 0 Å². The van der Waals surface area contributed by atoms with Gasteiger partial charge in [0.25, 0.3) is 10.1 Å². The number of fused-ring (bicyclic) bond motifs is 1. The quantitative estimate of drug-likeness (QED) is 0.764. The minimum atomic E-state index is -4.25. The van der Waals surface area contributed by atoms with E-state index < -0.39 is 27.2 Å². The van der Waals surface area contributed by atoms with E-state index in [0.29, 0.717) is 37.5 Å². The largest absolute Gasteiger partial charge is 0.475 e. The standard InChI is InChI=1S/C18H26N2O6S/c1-18(2,3)26-17(21)20-10-8-19(9-11-20)16-12-15(27(22,23)24)13-6-4-5-7-14(13)25-16/h4-7,15-16H,8-12H2,1-3H3,(H,22,23,24). The molecular formula is C18H26N2O6S. The molecule has 0 aromatic heterocycles. The van der Waals surface area contributed by atoms with Crippen LogP contribution in [0.5, 0.6) is 5.75 Å². The number of carbonyl (C=O) groups is 1. The normalized spacial score (nSPS) is 24.1. The Morgan fingerprint density at radius 3 is 2.41 bits per heavy atom. The number of para-hydroxylation sites is 1. The molecule has 1 fully saturated rings. The molecule has 8 nitrogen and oxygen atoms in total. The van der Waals surface area contributed by atoms with Gasteiger partial charge in [0, 0.05) is 38.2 Å². The SMILES string of the molecule is CC(C)(C)OC(=O)N1CCN(C2CC(S(=O)(=O)O)c3ccccc3O2)CC1. The molecule has 2 heterocycles. The Balaban J connectivity index is 1.68. The van der Waals surface area contributed by atoms with E-state index in [1.807, 2.05) is 25.7 Å². The molecular weight excluding hydrogens is 372 g/mol. The zero-order chi connectivity index (χ0) is 19.8. The highest BCUT2D eigenvalue weighted by molar-refractivity contribution is 7.86. The van der Waals surface area contributed by atoms with Gasteiger partial charge in [0.2, 0.25) is 0 Å².